The van der Waals surface area contributed by atoms with Crippen LogP contribution in [0.5, 0.6) is 0 Å². The van der Waals surface area contributed by atoms with Crippen molar-refractivity contribution in [1.29, 1.82) is 0 Å². The molecule has 5 nitrogen and oxygen atoms in total. The van der Waals surface area contributed by atoms with Crippen molar-refractivity contribution in [3.8, 4) is 0 Å². The smallest absolute Gasteiger partial charge is 0.191 e. The number of aliphatic hydroxyl groups is 1. The molecular formula is C22H37N3O2. The summed E-state index contributed by atoms with van der Waals surface area (Å²) in [7, 11) is 0. The number of ether oxygens (including phenoxy) is 1. The van der Waals surface area contributed by atoms with Gasteiger partial charge in [0.25, 0.3) is 0 Å². The predicted molar refractivity (Wildman–Crippen MR) is 112 cm³/mol. The number of nitrogens with zero attached hydrogens (tertiary/aromatic N) is 1. The fraction of sp³-hybridized carbons (Fsp3) is 0.682. The highest BCUT2D eigenvalue weighted by molar-refractivity contribution is 5.79. The maximum Gasteiger partial charge on any atom is 0.191 e. The summed E-state index contributed by atoms with van der Waals surface area (Å²) < 4.78 is 5.56. The first-order chi connectivity index (χ1) is 12.9. The Morgan fingerprint density at radius 3 is 2.52 bits per heavy atom. The van der Waals surface area contributed by atoms with Gasteiger partial charge in [-0.05, 0) is 42.7 Å². The quantitative estimate of drug-likeness (QED) is 0.483. The lowest BCUT2D eigenvalue weighted by Gasteiger charge is -2.24. The number of guanidine groups is 1. The summed E-state index contributed by atoms with van der Waals surface area (Å²) in [5.41, 5.74) is 2.87. The van der Waals surface area contributed by atoms with Crippen LogP contribution in [0.2, 0.25) is 0 Å². The topological polar surface area (TPSA) is 65.9 Å². The van der Waals surface area contributed by atoms with Gasteiger partial charge in [-0.15, -0.1) is 0 Å². The minimum absolute atomic E-state index is 0.0140. The molecule has 0 aliphatic carbocycles. The van der Waals surface area contributed by atoms with Crippen LogP contribution in [0.25, 0.3) is 0 Å². The number of benzene rings is 1. The van der Waals surface area contributed by atoms with Gasteiger partial charge in [-0.3, -0.25) is 4.99 Å². The number of aliphatic hydroxyl groups excluding tert-OH is 1. The van der Waals surface area contributed by atoms with Gasteiger partial charge in [-0.1, -0.05) is 45.0 Å². The molecule has 27 heavy (non-hydrogen) atoms. The van der Waals surface area contributed by atoms with Crippen molar-refractivity contribution in [3.05, 3.63) is 35.4 Å². The summed E-state index contributed by atoms with van der Waals surface area (Å²) in [5.74, 6) is 0.841. The third-order valence-electron chi connectivity index (χ3n) is 5.27. The lowest BCUT2D eigenvalue weighted by atomic mass is 9.84. The Morgan fingerprint density at radius 2 is 1.96 bits per heavy atom. The molecule has 1 unspecified atom stereocenters. The minimum Gasteiger partial charge on any atom is -0.396 e. The second kappa shape index (κ2) is 10.1. The van der Waals surface area contributed by atoms with Crippen LogP contribution < -0.4 is 10.6 Å². The Balaban J connectivity index is 1.88. The monoisotopic (exact) mass is 375 g/mol. The first-order valence-electron chi connectivity index (χ1n) is 10.2. The van der Waals surface area contributed by atoms with Crippen LogP contribution in [0, 0.1) is 5.41 Å². The third-order valence-corrected chi connectivity index (χ3v) is 5.27. The maximum atomic E-state index is 9.36. The highest BCUT2D eigenvalue weighted by Crippen LogP contribution is 2.32. The lowest BCUT2D eigenvalue weighted by Crippen LogP contribution is -2.39. The summed E-state index contributed by atoms with van der Waals surface area (Å²) in [6, 6.07) is 8.90. The number of rotatable bonds is 8. The molecule has 0 saturated carbocycles. The minimum atomic E-state index is -0.0140. The normalized spacial score (nSPS) is 20.7. The molecule has 1 atom stereocenters. The van der Waals surface area contributed by atoms with Crippen LogP contribution in [0.1, 0.15) is 51.7 Å². The predicted octanol–water partition coefficient (Wildman–Crippen LogP) is 2.87. The zero-order valence-corrected chi connectivity index (χ0v) is 17.5. The molecule has 1 aromatic carbocycles. The number of aliphatic imine (C=N–C) groups is 1. The number of hydrogen-bond donors (Lipinski definition) is 3. The molecule has 152 valence electrons. The van der Waals surface area contributed by atoms with Gasteiger partial charge >= 0.3 is 0 Å². The molecule has 1 aromatic rings. The van der Waals surface area contributed by atoms with Gasteiger partial charge in [0.2, 0.25) is 0 Å². The molecule has 1 fully saturated rings. The van der Waals surface area contributed by atoms with Crippen molar-refractivity contribution in [2.24, 2.45) is 10.4 Å². The van der Waals surface area contributed by atoms with Crippen molar-refractivity contribution in [3.63, 3.8) is 0 Å². The van der Waals surface area contributed by atoms with E-state index >= 15 is 0 Å². The lowest BCUT2D eigenvalue weighted by molar-refractivity contribution is 0.131. The van der Waals surface area contributed by atoms with Gasteiger partial charge in [-0.25, -0.2) is 0 Å². The first-order valence-corrected chi connectivity index (χ1v) is 10.2. The standard InChI is InChI=1S/C22H37N3O2/c1-5-23-20(25-16-22(11-14-26)12-15-27-17-22)24-13-10-18-6-8-19(9-7-18)21(2,3)4/h6-9,26H,5,10-17H2,1-4H3,(H2,23,24,25). The molecule has 1 heterocycles. The molecule has 1 aliphatic rings. The van der Waals surface area contributed by atoms with Crippen molar-refractivity contribution in [2.45, 2.75) is 52.4 Å². The average molecular weight is 376 g/mol. The summed E-state index contributed by atoms with van der Waals surface area (Å²) in [6.07, 6.45) is 2.67. The van der Waals surface area contributed by atoms with E-state index in [1.807, 2.05) is 0 Å². The Labute approximate surface area is 164 Å². The van der Waals surface area contributed by atoms with Crippen LogP contribution in [-0.2, 0) is 16.6 Å². The van der Waals surface area contributed by atoms with Crippen molar-refractivity contribution < 1.29 is 9.84 Å². The second-order valence-corrected chi connectivity index (χ2v) is 8.60. The summed E-state index contributed by atoms with van der Waals surface area (Å²) in [4.78, 5) is 4.77. The highest BCUT2D eigenvalue weighted by atomic mass is 16.5. The molecule has 0 aromatic heterocycles. The van der Waals surface area contributed by atoms with Crippen molar-refractivity contribution in [2.75, 3.05) is 39.5 Å². The Morgan fingerprint density at radius 1 is 1.22 bits per heavy atom. The molecule has 5 heteroatoms. The highest BCUT2D eigenvalue weighted by Gasteiger charge is 2.34. The van der Waals surface area contributed by atoms with Crippen LogP contribution in [-0.4, -0.2) is 50.5 Å². The van der Waals surface area contributed by atoms with E-state index in [0.717, 1.165) is 44.9 Å². The maximum absolute atomic E-state index is 9.36. The van der Waals surface area contributed by atoms with E-state index in [0.29, 0.717) is 13.2 Å². The van der Waals surface area contributed by atoms with Crippen LogP contribution in [0.3, 0.4) is 0 Å². The van der Waals surface area contributed by atoms with Gasteiger partial charge in [0.15, 0.2) is 5.96 Å². The van der Waals surface area contributed by atoms with Gasteiger partial charge in [0.1, 0.15) is 0 Å². The average Bonchev–Trinajstić information content (AvgIpc) is 3.08. The third kappa shape index (κ3) is 6.82. The Bertz CT molecular complexity index is 585. The van der Waals surface area contributed by atoms with Crippen LogP contribution in [0.15, 0.2) is 29.3 Å². The fourth-order valence-corrected chi connectivity index (χ4v) is 3.37. The molecular weight excluding hydrogens is 338 g/mol. The van der Waals surface area contributed by atoms with E-state index < -0.39 is 0 Å². The van der Waals surface area contributed by atoms with E-state index in [-0.39, 0.29) is 17.4 Å². The van der Waals surface area contributed by atoms with Gasteiger partial charge in [0.05, 0.1) is 13.2 Å². The van der Waals surface area contributed by atoms with Crippen LogP contribution in [0.4, 0.5) is 0 Å². The van der Waals surface area contributed by atoms with Gasteiger partial charge < -0.3 is 20.5 Å². The summed E-state index contributed by atoms with van der Waals surface area (Å²) in [5, 5.41) is 16.1. The first kappa shape index (κ1) is 21.7. The second-order valence-electron chi connectivity index (χ2n) is 8.60. The molecule has 0 amide bonds. The number of nitrogens with one attached hydrogen (secondary N) is 2. The largest absolute Gasteiger partial charge is 0.396 e. The van der Waals surface area contributed by atoms with Gasteiger partial charge in [-0.2, -0.15) is 0 Å². The van der Waals surface area contributed by atoms with Gasteiger partial charge in [0, 0.05) is 31.7 Å². The van der Waals surface area contributed by atoms with Crippen molar-refractivity contribution >= 4 is 5.96 Å². The van der Waals surface area contributed by atoms with E-state index in [4.69, 9.17) is 9.73 Å². The van der Waals surface area contributed by atoms with E-state index in [1.165, 1.54) is 11.1 Å². The zero-order valence-electron chi connectivity index (χ0n) is 17.5. The van der Waals surface area contributed by atoms with E-state index in [9.17, 15) is 5.11 Å². The van der Waals surface area contributed by atoms with E-state index in [2.05, 4.69) is 62.6 Å². The zero-order chi connectivity index (χ0) is 19.8. The molecule has 0 radical (unpaired) electrons. The molecule has 2 rings (SSSR count). The van der Waals surface area contributed by atoms with Crippen LogP contribution >= 0.6 is 0 Å². The van der Waals surface area contributed by atoms with Crippen molar-refractivity contribution in [1.82, 2.24) is 10.6 Å². The fourth-order valence-electron chi connectivity index (χ4n) is 3.37. The summed E-state index contributed by atoms with van der Waals surface area (Å²) in [6.45, 7) is 12.8. The molecule has 3 N–H and O–H groups in total. The number of hydrogen-bond acceptors (Lipinski definition) is 3. The molecule has 1 saturated heterocycles. The molecule has 1 aliphatic heterocycles. The Hall–Kier alpha value is -1.59. The van der Waals surface area contributed by atoms with E-state index in [1.54, 1.807) is 0 Å². The SMILES string of the molecule is CCNC(=NCC1(CCO)CCOC1)NCCc1ccc(C(C)(C)C)cc1. The molecule has 0 spiro atoms. The summed E-state index contributed by atoms with van der Waals surface area (Å²) >= 11 is 0. The Kier molecular flexibility index (Phi) is 8.11. The molecule has 0 bridgehead atoms.